The lowest BCUT2D eigenvalue weighted by Crippen LogP contribution is -2.70. The van der Waals surface area contributed by atoms with Gasteiger partial charge in [0.1, 0.15) is 140 Å². The second-order valence-electron chi connectivity index (χ2n) is 18.8. The Kier molecular flexibility index (Phi) is 24.1. The lowest BCUT2D eigenvalue weighted by Gasteiger charge is -2.49. The second kappa shape index (κ2) is 28.6. The van der Waals surface area contributed by atoms with Crippen molar-refractivity contribution in [1.29, 1.82) is 0 Å². The summed E-state index contributed by atoms with van der Waals surface area (Å²) in [5.74, 6) is -2.51. The fourth-order valence-corrected chi connectivity index (χ4v) is 9.22. The topological polar surface area (TPSA) is 544 Å². The molecule has 29 atom stereocenters. The number of rotatable bonds is 23. The van der Waals surface area contributed by atoms with E-state index in [0.717, 1.165) is 20.8 Å². The Morgan fingerprint density at radius 2 is 0.868 bits per heavy atom. The van der Waals surface area contributed by atoms with E-state index in [9.17, 15) is 106 Å². The molecule has 5 fully saturated rings. The van der Waals surface area contributed by atoms with E-state index in [1.54, 1.807) is 0 Å². The quantitative estimate of drug-likeness (QED) is 0.0452. The van der Waals surface area contributed by atoms with Crippen LogP contribution in [0.1, 0.15) is 20.8 Å². The maximum atomic E-state index is 12.6. The van der Waals surface area contributed by atoms with Crippen molar-refractivity contribution < 1.29 is 154 Å². The molecule has 0 unspecified atom stereocenters. The summed E-state index contributed by atoms with van der Waals surface area (Å²) in [6.45, 7) is -3.92. The summed E-state index contributed by atoms with van der Waals surface area (Å²) in [5.41, 5.74) is 0. The van der Waals surface area contributed by atoms with E-state index in [1.165, 1.54) is 0 Å². The van der Waals surface area contributed by atoms with Gasteiger partial charge in [-0.25, -0.2) is 0 Å². The summed E-state index contributed by atoms with van der Waals surface area (Å²) in [4.78, 5) is 37.3. The van der Waals surface area contributed by atoms with E-state index < -0.39 is 242 Å². The molecule has 0 bridgehead atoms. The number of nitrogens with one attached hydrogen (secondary N) is 3. The number of carbonyl (C=O) groups is 3. The minimum absolute atomic E-state index is 0.808. The third kappa shape index (κ3) is 14.8. The number of carbonyl (C=O) groups excluding carboxylic acids is 3. The molecule has 442 valence electrons. The van der Waals surface area contributed by atoms with Gasteiger partial charge < -0.3 is 155 Å². The maximum Gasteiger partial charge on any atom is 0.217 e. The van der Waals surface area contributed by atoms with Crippen molar-refractivity contribution in [2.45, 2.75) is 199 Å². The van der Waals surface area contributed by atoms with Crippen molar-refractivity contribution in [2.24, 2.45) is 0 Å². The van der Waals surface area contributed by atoms with Crippen molar-refractivity contribution in [3.05, 3.63) is 0 Å². The van der Waals surface area contributed by atoms with Gasteiger partial charge in [-0.05, 0) is 0 Å². The van der Waals surface area contributed by atoms with E-state index in [1.807, 2.05) is 0 Å². The third-order valence-electron chi connectivity index (χ3n) is 13.3. The van der Waals surface area contributed by atoms with Crippen molar-refractivity contribution in [2.75, 3.05) is 46.2 Å². The van der Waals surface area contributed by atoms with Crippen LogP contribution in [0.25, 0.3) is 0 Å². The first-order chi connectivity index (χ1) is 35.9. The SMILES string of the molecule is CC(=O)N[C@H]1[C@H](OC[C@@H](O)[C@H](O)[C@H](O[C@@H]2O[C@H](CO)[C@H](O)[C@H](O[C@@H]3O[C@H](CO)[C@@H](O)[C@H](O[C@@H]4O[C@H](CO)[C@H](O)[C@H](O)[C@H]4O)[C@H]3NC(C)=O)[C@H]2O)[C@H](CO)NC(C)=O)O[C@H](CO)[C@@H](O[C@@H]2O[C@H](CO)[C@H](O)[C@H](O)[C@H]2O)[C@@H]1O. The number of hydrogen-bond acceptors (Lipinski definition) is 31. The molecular formula is C42H73N3O31. The number of aliphatic hydroxyl groups excluding tert-OH is 18. The molecule has 5 aliphatic rings. The van der Waals surface area contributed by atoms with Crippen LogP contribution in [-0.2, 0) is 61.8 Å². The van der Waals surface area contributed by atoms with Crippen LogP contribution < -0.4 is 16.0 Å². The Labute approximate surface area is 431 Å². The number of ether oxygens (including phenoxy) is 10. The van der Waals surface area contributed by atoms with Crippen LogP contribution in [0.3, 0.4) is 0 Å². The summed E-state index contributed by atoms with van der Waals surface area (Å²) in [6.07, 6.45) is -50.0. The molecule has 0 spiro atoms. The molecule has 21 N–H and O–H groups in total. The summed E-state index contributed by atoms with van der Waals surface area (Å²) >= 11 is 0. The van der Waals surface area contributed by atoms with Crippen LogP contribution in [0, 0.1) is 0 Å². The van der Waals surface area contributed by atoms with Gasteiger partial charge in [-0.15, -0.1) is 0 Å². The molecule has 0 aromatic carbocycles. The monoisotopic (exact) mass is 1120 g/mol. The van der Waals surface area contributed by atoms with Gasteiger partial charge in [-0.1, -0.05) is 0 Å². The molecule has 34 nitrogen and oxygen atoms in total. The first kappa shape index (κ1) is 64.1. The molecule has 5 rings (SSSR count). The number of hydrogen-bond donors (Lipinski definition) is 21. The van der Waals surface area contributed by atoms with Crippen molar-refractivity contribution in [1.82, 2.24) is 16.0 Å². The molecule has 0 aliphatic carbocycles. The van der Waals surface area contributed by atoms with Crippen LogP contribution >= 0.6 is 0 Å². The van der Waals surface area contributed by atoms with Gasteiger partial charge in [0, 0.05) is 20.8 Å². The maximum absolute atomic E-state index is 12.6. The summed E-state index contributed by atoms with van der Waals surface area (Å²) in [7, 11) is 0. The average molecular weight is 1120 g/mol. The molecule has 3 amide bonds. The lowest BCUT2D eigenvalue weighted by molar-refractivity contribution is -0.370. The Hall–Kier alpha value is -2.71. The van der Waals surface area contributed by atoms with Crippen LogP contribution in [-0.4, -0.2) is 334 Å². The van der Waals surface area contributed by atoms with Crippen LogP contribution in [0.4, 0.5) is 0 Å². The van der Waals surface area contributed by atoms with E-state index in [-0.39, 0.29) is 0 Å². The zero-order valence-electron chi connectivity index (χ0n) is 41.0. The van der Waals surface area contributed by atoms with Crippen molar-refractivity contribution >= 4 is 17.7 Å². The van der Waals surface area contributed by atoms with E-state index >= 15 is 0 Å². The summed E-state index contributed by atoms with van der Waals surface area (Å²) in [5, 5.41) is 199. The standard InChI is InChI=1S/C42H73N3O31/c1-11(52)43-14(4-46)34(23(56)15(55)10-67-38-21(44-12(2)53)28(61)35(20(9-51)72-38)74-40-31(64)29(62)24(57)16(5-47)69-40)73-42-33(66)37(27(60)19(8-50)71-42)76-39-22(45-13(3)54)36(26(59)18(7-49)68-39)75-41-32(65)30(63)25(58)17(6-48)70-41/h14-42,46-51,55-66H,4-10H2,1-3H3,(H,43,52)(H,44,53)(H,45,54)/t14-,15+,16+,17+,18+,19+,20+,21+,22+,23-,24-,25-,26+,27-,28+,29-,30-,31+,32+,33+,34+,35+,36+,37-,38+,39-,40-,41-,42-/m0/s1. The van der Waals surface area contributed by atoms with Gasteiger partial charge in [0.05, 0.1) is 52.3 Å². The van der Waals surface area contributed by atoms with Gasteiger partial charge in [0.2, 0.25) is 17.7 Å². The van der Waals surface area contributed by atoms with Crippen molar-refractivity contribution in [3.8, 4) is 0 Å². The molecule has 0 radical (unpaired) electrons. The Balaban J connectivity index is 1.38. The lowest BCUT2D eigenvalue weighted by atomic mass is 9.94. The zero-order valence-corrected chi connectivity index (χ0v) is 41.0. The molecule has 34 heteroatoms. The Morgan fingerprint density at radius 1 is 0.447 bits per heavy atom. The molecule has 0 aromatic heterocycles. The molecule has 0 aromatic rings. The Morgan fingerprint density at radius 3 is 1.34 bits per heavy atom. The number of aliphatic hydroxyl groups is 18. The molecule has 5 aliphatic heterocycles. The highest BCUT2D eigenvalue weighted by molar-refractivity contribution is 5.74. The van der Waals surface area contributed by atoms with Crippen LogP contribution in [0.15, 0.2) is 0 Å². The Bertz CT molecular complexity index is 1820. The minimum Gasteiger partial charge on any atom is -0.394 e. The van der Waals surface area contributed by atoms with Gasteiger partial charge in [0.15, 0.2) is 31.5 Å². The predicted octanol–water partition coefficient (Wildman–Crippen LogP) is -14.0. The molecule has 76 heavy (non-hydrogen) atoms. The van der Waals surface area contributed by atoms with Crippen LogP contribution in [0.2, 0.25) is 0 Å². The van der Waals surface area contributed by atoms with Crippen molar-refractivity contribution in [3.63, 3.8) is 0 Å². The molecule has 0 saturated carbocycles. The highest BCUT2D eigenvalue weighted by Gasteiger charge is 2.56. The minimum atomic E-state index is -2.33. The van der Waals surface area contributed by atoms with E-state index in [0.29, 0.717) is 0 Å². The molecule has 5 saturated heterocycles. The largest absolute Gasteiger partial charge is 0.394 e. The summed E-state index contributed by atoms with van der Waals surface area (Å²) in [6, 6.07) is -5.13. The zero-order chi connectivity index (χ0) is 56.6. The smallest absolute Gasteiger partial charge is 0.217 e. The average Bonchev–Trinajstić information content (AvgIpc) is 3.39. The van der Waals surface area contributed by atoms with Gasteiger partial charge in [0.25, 0.3) is 0 Å². The first-order valence-corrected chi connectivity index (χ1v) is 24.0. The fraction of sp³-hybridized carbons (Fsp3) is 0.929. The number of amides is 3. The normalized spacial score (nSPS) is 43.8. The second-order valence-corrected chi connectivity index (χ2v) is 18.8. The highest BCUT2D eigenvalue weighted by Crippen LogP contribution is 2.35. The van der Waals surface area contributed by atoms with Gasteiger partial charge >= 0.3 is 0 Å². The predicted molar refractivity (Wildman–Crippen MR) is 236 cm³/mol. The summed E-state index contributed by atoms with van der Waals surface area (Å²) < 4.78 is 56.9. The fourth-order valence-electron chi connectivity index (χ4n) is 9.22. The molecular weight excluding hydrogens is 1040 g/mol. The van der Waals surface area contributed by atoms with Gasteiger partial charge in [-0.2, -0.15) is 0 Å². The van der Waals surface area contributed by atoms with Crippen LogP contribution in [0.5, 0.6) is 0 Å². The third-order valence-corrected chi connectivity index (χ3v) is 13.3. The highest BCUT2D eigenvalue weighted by atomic mass is 16.8. The van der Waals surface area contributed by atoms with Gasteiger partial charge in [-0.3, -0.25) is 14.4 Å². The first-order valence-electron chi connectivity index (χ1n) is 24.0. The van der Waals surface area contributed by atoms with E-state index in [2.05, 4.69) is 16.0 Å². The molecule has 5 heterocycles. The van der Waals surface area contributed by atoms with E-state index in [4.69, 9.17) is 47.4 Å².